The van der Waals surface area contributed by atoms with Crippen LogP contribution in [0.4, 0.5) is 0 Å². The maximum absolute atomic E-state index is 13.3. The van der Waals surface area contributed by atoms with E-state index in [1.54, 1.807) is 0 Å². The second-order valence-corrected chi connectivity index (χ2v) is 9.14. The number of nitrogens with two attached hydrogens (primary N) is 1. The maximum atomic E-state index is 13.3. The first-order chi connectivity index (χ1) is 16.0. The molecule has 5 nitrogen and oxygen atoms in total. The monoisotopic (exact) mass is 441 g/mol. The van der Waals surface area contributed by atoms with Crippen LogP contribution in [0.15, 0.2) is 78.9 Å². The zero-order chi connectivity index (χ0) is 23.0. The van der Waals surface area contributed by atoms with Crippen molar-refractivity contribution in [3.8, 4) is 11.1 Å². The first-order valence-electron chi connectivity index (χ1n) is 11.4. The molecule has 33 heavy (non-hydrogen) atoms. The van der Waals surface area contributed by atoms with Gasteiger partial charge in [-0.05, 0) is 53.0 Å². The number of benzene rings is 3. The lowest BCUT2D eigenvalue weighted by Crippen LogP contribution is -2.59. The van der Waals surface area contributed by atoms with Crippen LogP contribution >= 0.6 is 0 Å². The molecule has 2 aliphatic carbocycles. The van der Waals surface area contributed by atoms with Gasteiger partial charge >= 0.3 is 11.9 Å². The van der Waals surface area contributed by atoms with E-state index >= 15 is 0 Å². The number of aliphatic carboxylic acids is 1. The van der Waals surface area contributed by atoms with E-state index in [0.29, 0.717) is 12.8 Å². The van der Waals surface area contributed by atoms with Gasteiger partial charge < -0.3 is 15.6 Å². The molecule has 0 amide bonds. The van der Waals surface area contributed by atoms with Gasteiger partial charge in [-0.3, -0.25) is 9.59 Å². The van der Waals surface area contributed by atoms with Gasteiger partial charge in [0.2, 0.25) is 0 Å². The summed E-state index contributed by atoms with van der Waals surface area (Å²) in [5, 5.41) is 9.88. The Balaban J connectivity index is 1.38. The lowest BCUT2D eigenvalue weighted by Gasteiger charge is -2.40. The zero-order valence-corrected chi connectivity index (χ0v) is 18.3. The van der Waals surface area contributed by atoms with E-state index in [4.69, 9.17) is 10.5 Å². The van der Waals surface area contributed by atoms with E-state index in [1.807, 2.05) is 54.6 Å². The largest absolute Gasteiger partial charge is 0.480 e. The summed E-state index contributed by atoms with van der Waals surface area (Å²) in [6.45, 7) is 0.162. The number of hydrogen-bond acceptors (Lipinski definition) is 4. The fourth-order valence-electron chi connectivity index (χ4n) is 5.50. The summed E-state index contributed by atoms with van der Waals surface area (Å²) in [6.07, 6.45) is 1.22. The molecule has 0 aliphatic heterocycles. The Morgan fingerprint density at radius 3 is 2.09 bits per heavy atom. The van der Waals surface area contributed by atoms with Crippen molar-refractivity contribution in [1.82, 2.24) is 0 Å². The molecule has 2 aliphatic rings. The Labute approximate surface area is 193 Å². The van der Waals surface area contributed by atoms with Gasteiger partial charge in [0.1, 0.15) is 12.1 Å². The van der Waals surface area contributed by atoms with E-state index < -0.39 is 23.4 Å². The van der Waals surface area contributed by atoms with Crippen molar-refractivity contribution in [2.24, 2.45) is 11.7 Å². The Kier molecular flexibility index (Phi) is 5.51. The number of esters is 1. The van der Waals surface area contributed by atoms with E-state index in [2.05, 4.69) is 24.3 Å². The Morgan fingerprint density at radius 2 is 1.48 bits per heavy atom. The van der Waals surface area contributed by atoms with Gasteiger partial charge in [-0.25, -0.2) is 0 Å². The molecule has 1 unspecified atom stereocenters. The highest BCUT2D eigenvalue weighted by Gasteiger charge is 2.51. The van der Waals surface area contributed by atoms with Crippen LogP contribution in [0.1, 0.15) is 47.8 Å². The predicted octanol–water partition coefficient (Wildman–Crippen LogP) is 4.71. The normalized spacial score (nSPS) is 24.0. The van der Waals surface area contributed by atoms with Crippen molar-refractivity contribution in [1.29, 1.82) is 0 Å². The third-order valence-corrected chi connectivity index (χ3v) is 7.36. The van der Waals surface area contributed by atoms with Crippen LogP contribution in [0.2, 0.25) is 0 Å². The van der Waals surface area contributed by atoms with E-state index in [1.165, 1.54) is 0 Å². The molecule has 5 rings (SSSR count). The Bertz CT molecular complexity index is 1150. The molecule has 3 N–H and O–H groups in total. The van der Waals surface area contributed by atoms with Gasteiger partial charge in [0.05, 0.1) is 5.92 Å². The molecule has 3 atom stereocenters. The van der Waals surface area contributed by atoms with Crippen molar-refractivity contribution < 1.29 is 19.4 Å². The van der Waals surface area contributed by atoms with Crippen LogP contribution in [-0.4, -0.2) is 29.2 Å². The predicted molar refractivity (Wildman–Crippen MR) is 126 cm³/mol. The average molecular weight is 442 g/mol. The third-order valence-electron chi connectivity index (χ3n) is 7.36. The number of carbonyl (C=O) groups is 2. The summed E-state index contributed by atoms with van der Waals surface area (Å²) < 4.78 is 5.83. The van der Waals surface area contributed by atoms with Crippen LogP contribution in [0.3, 0.4) is 0 Å². The first kappa shape index (κ1) is 21.4. The lowest BCUT2D eigenvalue weighted by molar-refractivity contribution is -0.162. The highest BCUT2D eigenvalue weighted by Crippen LogP contribution is 2.45. The minimum atomic E-state index is -1.62. The van der Waals surface area contributed by atoms with Gasteiger partial charge in [0, 0.05) is 5.92 Å². The summed E-state index contributed by atoms with van der Waals surface area (Å²) in [5.41, 5.74) is 10.3. The zero-order valence-electron chi connectivity index (χ0n) is 18.3. The summed E-state index contributed by atoms with van der Waals surface area (Å²) in [5.74, 6) is -2.57. The van der Waals surface area contributed by atoms with Crippen molar-refractivity contribution >= 4 is 11.9 Å². The van der Waals surface area contributed by atoms with E-state index in [9.17, 15) is 14.7 Å². The smallest absolute Gasteiger partial charge is 0.324 e. The molecule has 168 valence electrons. The number of carboxylic acid groups (broad SMARTS) is 1. The lowest BCUT2D eigenvalue weighted by atomic mass is 9.67. The van der Waals surface area contributed by atoms with E-state index in [0.717, 1.165) is 27.8 Å². The summed E-state index contributed by atoms with van der Waals surface area (Å²) >= 11 is 0. The molecular weight excluding hydrogens is 414 g/mol. The van der Waals surface area contributed by atoms with Gasteiger partial charge in [-0.15, -0.1) is 0 Å². The molecule has 3 aromatic carbocycles. The van der Waals surface area contributed by atoms with Gasteiger partial charge in [0.25, 0.3) is 0 Å². The second kappa shape index (κ2) is 8.49. The topological polar surface area (TPSA) is 89.6 Å². The maximum Gasteiger partial charge on any atom is 0.324 e. The van der Waals surface area contributed by atoms with Crippen molar-refractivity contribution in [2.75, 3.05) is 6.61 Å². The molecule has 0 aromatic heterocycles. The van der Waals surface area contributed by atoms with Gasteiger partial charge in [-0.1, -0.05) is 78.9 Å². The standard InChI is InChI=1S/C28H27NO4/c29-28(27(31)32)15-14-19(18-8-2-1-3-9-18)16-25(28)26(30)33-17-24-22-12-6-4-10-20(22)21-11-5-7-13-23(21)24/h1-13,19,24-25H,14-17,29H2,(H,31,32)/t19-,25+,28?/m0/s1. The fraction of sp³-hybridized carbons (Fsp3) is 0.286. The first-order valence-corrected chi connectivity index (χ1v) is 11.4. The summed E-state index contributed by atoms with van der Waals surface area (Å²) in [4.78, 5) is 25.4. The molecule has 0 spiro atoms. The number of ether oxygens (including phenoxy) is 1. The van der Waals surface area contributed by atoms with Gasteiger partial charge in [0.15, 0.2) is 0 Å². The molecule has 0 saturated heterocycles. The quantitative estimate of drug-likeness (QED) is 0.560. The van der Waals surface area contributed by atoms with Crippen LogP contribution in [0, 0.1) is 5.92 Å². The minimum Gasteiger partial charge on any atom is -0.480 e. The molecule has 1 saturated carbocycles. The third kappa shape index (κ3) is 3.72. The SMILES string of the molecule is NC1(C(=O)O)CC[C@H](c2ccccc2)C[C@@H]1C(=O)OCC1c2ccccc2-c2ccccc21. The van der Waals surface area contributed by atoms with Crippen molar-refractivity contribution in [3.05, 3.63) is 95.6 Å². The molecule has 5 heteroatoms. The van der Waals surface area contributed by atoms with Crippen molar-refractivity contribution in [2.45, 2.75) is 36.6 Å². The highest BCUT2D eigenvalue weighted by atomic mass is 16.5. The number of fused-ring (bicyclic) bond motifs is 3. The molecule has 3 aromatic rings. The van der Waals surface area contributed by atoms with Gasteiger partial charge in [-0.2, -0.15) is 0 Å². The highest BCUT2D eigenvalue weighted by molar-refractivity contribution is 5.88. The molecule has 0 radical (unpaired) electrons. The molecule has 0 bridgehead atoms. The van der Waals surface area contributed by atoms with Crippen LogP contribution in [0.25, 0.3) is 11.1 Å². The molecule has 0 heterocycles. The fourth-order valence-corrected chi connectivity index (χ4v) is 5.50. The Hall–Kier alpha value is -3.44. The van der Waals surface area contributed by atoms with Crippen LogP contribution < -0.4 is 5.73 Å². The van der Waals surface area contributed by atoms with Crippen LogP contribution in [-0.2, 0) is 14.3 Å². The molecular formula is C28H27NO4. The van der Waals surface area contributed by atoms with Crippen LogP contribution in [0.5, 0.6) is 0 Å². The number of rotatable bonds is 5. The molecule has 1 fully saturated rings. The number of carboxylic acids is 1. The minimum absolute atomic E-state index is 0.0766. The number of carbonyl (C=O) groups excluding carboxylic acids is 1. The summed E-state index contributed by atoms with van der Waals surface area (Å²) in [7, 11) is 0. The second-order valence-electron chi connectivity index (χ2n) is 9.14. The Morgan fingerprint density at radius 1 is 0.909 bits per heavy atom. The van der Waals surface area contributed by atoms with Crippen molar-refractivity contribution in [3.63, 3.8) is 0 Å². The summed E-state index contributed by atoms with van der Waals surface area (Å²) in [6, 6.07) is 26.2. The number of hydrogen-bond donors (Lipinski definition) is 2. The van der Waals surface area contributed by atoms with E-state index in [-0.39, 0.29) is 24.9 Å². The average Bonchev–Trinajstić information content (AvgIpc) is 3.17.